The van der Waals surface area contributed by atoms with Gasteiger partial charge in [0.25, 0.3) is 0 Å². The number of hydrogen-bond acceptors (Lipinski definition) is 2. The zero-order valence-electron chi connectivity index (χ0n) is 9.99. The Balaban J connectivity index is 2.10. The number of benzene rings is 2. The molecule has 2 nitrogen and oxygen atoms in total. The van der Waals surface area contributed by atoms with E-state index in [0.717, 1.165) is 0 Å². The number of fused-ring (bicyclic) bond motifs is 1. The van der Waals surface area contributed by atoms with Crippen LogP contribution in [0.25, 0.3) is 11.0 Å². The average Bonchev–Trinajstić information content (AvgIpc) is 2.84. The second-order valence-electron chi connectivity index (χ2n) is 4.22. The highest BCUT2D eigenvalue weighted by Crippen LogP contribution is 2.25. The van der Waals surface area contributed by atoms with Crippen molar-refractivity contribution < 1.29 is 18.0 Å². The molecule has 2 aromatic carbocycles. The largest absolute Gasteiger partial charge is 0.453 e. The smallest absolute Gasteiger partial charge is 0.231 e. The van der Waals surface area contributed by atoms with Gasteiger partial charge in [0.1, 0.15) is 11.4 Å². The molecule has 0 N–H and O–H groups in total. The SMILES string of the molecule is O=C(c1cc2cc(F)ccc2o1)c1cccc(Cl)c1F. The molecule has 1 aromatic heterocycles. The standard InChI is InChI=1S/C15H7ClF2O2/c16-11-3-1-2-10(14(11)18)15(19)13-7-8-6-9(17)4-5-12(8)20-13/h1-7H. The van der Waals surface area contributed by atoms with Gasteiger partial charge in [-0.25, -0.2) is 8.78 Å². The summed E-state index contributed by atoms with van der Waals surface area (Å²) in [7, 11) is 0. The number of carbonyl (C=O) groups excluding carboxylic acids is 1. The van der Waals surface area contributed by atoms with Crippen LogP contribution in [0.5, 0.6) is 0 Å². The van der Waals surface area contributed by atoms with Gasteiger partial charge >= 0.3 is 0 Å². The molecular formula is C15H7ClF2O2. The summed E-state index contributed by atoms with van der Waals surface area (Å²) >= 11 is 5.64. The molecule has 0 saturated carbocycles. The lowest BCUT2D eigenvalue weighted by molar-refractivity contribution is 0.101. The minimum atomic E-state index is -0.800. The molecule has 0 aliphatic carbocycles. The molecule has 0 fully saturated rings. The van der Waals surface area contributed by atoms with E-state index in [1.54, 1.807) is 0 Å². The first-order valence-electron chi connectivity index (χ1n) is 5.74. The van der Waals surface area contributed by atoms with Crippen molar-refractivity contribution in [3.63, 3.8) is 0 Å². The molecule has 0 aliphatic heterocycles. The van der Waals surface area contributed by atoms with Crippen molar-refractivity contribution in [2.45, 2.75) is 0 Å². The maximum atomic E-state index is 13.8. The van der Waals surface area contributed by atoms with Crippen molar-refractivity contribution in [3.8, 4) is 0 Å². The Labute approximate surface area is 117 Å². The Hall–Kier alpha value is -2.20. The molecule has 0 aliphatic rings. The van der Waals surface area contributed by atoms with Gasteiger partial charge in [0.15, 0.2) is 11.6 Å². The molecule has 0 amide bonds. The van der Waals surface area contributed by atoms with E-state index in [4.69, 9.17) is 16.0 Å². The molecule has 5 heteroatoms. The van der Waals surface area contributed by atoms with Crippen LogP contribution in [-0.2, 0) is 0 Å². The third-order valence-corrected chi connectivity index (χ3v) is 3.19. The fourth-order valence-electron chi connectivity index (χ4n) is 1.94. The number of furan rings is 1. The summed E-state index contributed by atoms with van der Waals surface area (Å²) in [4.78, 5) is 12.2. The fraction of sp³-hybridized carbons (Fsp3) is 0. The van der Waals surface area contributed by atoms with Crippen molar-refractivity contribution in [1.82, 2.24) is 0 Å². The summed E-state index contributed by atoms with van der Waals surface area (Å²) in [6.07, 6.45) is 0. The van der Waals surface area contributed by atoms with Crippen molar-refractivity contribution in [2.24, 2.45) is 0 Å². The predicted molar refractivity (Wildman–Crippen MR) is 71.0 cm³/mol. The zero-order chi connectivity index (χ0) is 14.3. The van der Waals surface area contributed by atoms with Crippen LogP contribution in [0.4, 0.5) is 8.78 Å². The number of ketones is 1. The summed E-state index contributed by atoms with van der Waals surface area (Å²) in [6, 6.07) is 9.39. The fourth-order valence-corrected chi connectivity index (χ4v) is 2.11. The second-order valence-corrected chi connectivity index (χ2v) is 4.63. The van der Waals surface area contributed by atoms with Gasteiger partial charge in [-0.05, 0) is 36.4 Å². The first-order chi connectivity index (χ1) is 9.56. The zero-order valence-corrected chi connectivity index (χ0v) is 10.7. The molecule has 0 radical (unpaired) electrons. The van der Waals surface area contributed by atoms with E-state index in [0.29, 0.717) is 11.0 Å². The Morgan fingerprint density at radius 1 is 1.10 bits per heavy atom. The van der Waals surface area contributed by atoms with Crippen LogP contribution < -0.4 is 0 Å². The minimum Gasteiger partial charge on any atom is -0.453 e. The van der Waals surface area contributed by atoms with Crippen molar-refractivity contribution in [2.75, 3.05) is 0 Å². The Kier molecular flexibility index (Phi) is 3.03. The number of carbonyl (C=O) groups is 1. The average molecular weight is 293 g/mol. The van der Waals surface area contributed by atoms with Crippen LogP contribution in [0.1, 0.15) is 16.1 Å². The second kappa shape index (κ2) is 4.72. The van der Waals surface area contributed by atoms with E-state index >= 15 is 0 Å². The molecule has 3 rings (SSSR count). The molecule has 3 aromatic rings. The van der Waals surface area contributed by atoms with Gasteiger partial charge in [0, 0.05) is 5.39 Å². The highest BCUT2D eigenvalue weighted by molar-refractivity contribution is 6.31. The maximum absolute atomic E-state index is 13.8. The lowest BCUT2D eigenvalue weighted by Crippen LogP contribution is -2.03. The molecule has 1 heterocycles. The van der Waals surface area contributed by atoms with Gasteiger partial charge in [-0.2, -0.15) is 0 Å². The van der Waals surface area contributed by atoms with E-state index in [-0.39, 0.29) is 16.3 Å². The molecular weight excluding hydrogens is 286 g/mol. The highest BCUT2D eigenvalue weighted by Gasteiger charge is 2.19. The maximum Gasteiger partial charge on any atom is 0.231 e. The summed E-state index contributed by atoms with van der Waals surface area (Å²) in [6.45, 7) is 0. The normalized spacial score (nSPS) is 10.9. The van der Waals surface area contributed by atoms with Crippen LogP contribution in [0.3, 0.4) is 0 Å². The number of rotatable bonds is 2. The summed E-state index contributed by atoms with van der Waals surface area (Å²) in [5, 5.41) is 0.300. The predicted octanol–water partition coefficient (Wildman–Crippen LogP) is 4.60. The summed E-state index contributed by atoms with van der Waals surface area (Å²) in [5.74, 6) is -1.94. The molecule has 0 spiro atoms. The van der Waals surface area contributed by atoms with E-state index in [1.807, 2.05) is 0 Å². The first-order valence-corrected chi connectivity index (χ1v) is 6.12. The monoisotopic (exact) mass is 292 g/mol. The Morgan fingerprint density at radius 2 is 1.90 bits per heavy atom. The molecule has 0 unspecified atom stereocenters. The van der Waals surface area contributed by atoms with Crippen LogP contribution in [0.15, 0.2) is 46.9 Å². The highest BCUT2D eigenvalue weighted by atomic mass is 35.5. The number of hydrogen-bond donors (Lipinski definition) is 0. The van der Waals surface area contributed by atoms with E-state index in [2.05, 4.69) is 0 Å². The Bertz CT molecular complexity index is 824. The van der Waals surface area contributed by atoms with Gasteiger partial charge < -0.3 is 4.42 Å². The van der Waals surface area contributed by atoms with Crippen LogP contribution in [-0.4, -0.2) is 5.78 Å². The third-order valence-electron chi connectivity index (χ3n) is 2.90. The third kappa shape index (κ3) is 2.08. The van der Waals surface area contributed by atoms with E-state index in [1.165, 1.54) is 42.5 Å². The van der Waals surface area contributed by atoms with Gasteiger partial charge in [0.2, 0.25) is 5.78 Å². The molecule has 0 bridgehead atoms. The first kappa shape index (κ1) is 12.8. The summed E-state index contributed by atoms with van der Waals surface area (Å²) in [5.41, 5.74) is 0.175. The van der Waals surface area contributed by atoms with E-state index in [9.17, 15) is 13.6 Å². The topological polar surface area (TPSA) is 30.2 Å². The van der Waals surface area contributed by atoms with Gasteiger partial charge in [-0.15, -0.1) is 0 Å². The van der Waals surface area contributed by atoms with Gasteiger partial charge in [0.05, 0.1) is 10.6 Å². The van der Waals surface area contributed by atoms with Crippen LogP contribution in [0.2, 0.25) is 5.02 Å². The lowest BCUT2D eigenvalue weighted by Gasteiger charge is -2.00. The van der Waals surface area contributed by atoms with Crippen LogP contribution >= 0.6 is 11.6 Å². The van der Waals surface area contributed by atoms with Gasteiger partial charge in [-0.3, -0.25) is 4.79 Å². The van der Waals surface area contributed by atoms with Crippen LogP contribution in [0, 0.1) is 11.6 Å². The van der Waals surface area contributed by atoms with Crippen molar-refractivity contribution >= 4 is 28.4 Å². The lowest BCUT2D eigenvalue weighted by atomic mass is 10.1. The minimum absolute atomic E-state index is 0.0632. The van der Waals surface area contributed by atoms with Gasteiger partial charge in [-0.1, -0.05) is 17.7 Å². The summed E-state index contributed by atoms with van der Waals surface area (Å²) < 4.78 is 32.2. The van der Waals surface area contributed by atoms with E-state index < -0.39 is 17.4 Å². The van der Waals surface area contributed by atoms with Crippen molar-refractivity contribution in [3.05, 3.63) is 70.4 Å². The number of halogens is 3. The quantitative estimate of drug-likeness (QED) is 0.646. The van der Waals surface area contributed by atoms with Crippen molar-refractivity contribution in [1.29, 1.82) is 0 Å². The molecule has 20 heavy (non-hydrogen) atoms. The molecule has 0 atom stereocenters. The molecule has 100 valence electrons. The Morgan fingerprint density at radius 3 is 2.70 bits per heavy atom. The molecule has 0 saturated heterocycles.